The fourth-order valence-electron chi connectivity index (χ4n) is 1.96. The van der Waals surface area contributed by atoms with Crippen LogP contribution < -0.4 is 15.4 Å². The molecule has 0 saturated heterocycles. The topological polar surface area (TPSA) is 75.2 Å². The van der Waals surface area contributed by atoms with Crippen molar-refractivity contribution in [2.24, 2.45) is 0 Å². The SMILES string of the molecule is CC(C)Oc1nc(N(CCC#N)C2CC2)ccc1N. The molecule has 0 spiro atoms. The third-order valence-corrected chi connectivity index (χ3v) is 2.97. The molecule has 0 aliphatic heterocycles. The molecule has 1 fully saturated rings. The zero-order chi connectivity index (χ0) is 13.8. The van der Waals surface area contributed by atoms with Gasteiger partial charge in [-0.1, -0.05) is 0 Å². The number of aromatic nitrogens is 1. The fourth-order valence-corrected chi connectivity index (χ4v) is 1.96. The van der Waals surface area contributed by atoms with E-state index >= 15 is 0 Å². The highest BCUT2D eigenvalue weighted by atomic mass is 16.5. The molecule has 1 aliphatic rings. The lowest BCUT2D eigenvalue weighted by molar-refractivity contribution is 0.234. The molecule has 1 aromatic heterocycles. The van der Waals surface area contributed by atoms with Crippen molar-refractivity contribution in [1.29, 1.82) is 5.26 Å². The Bertz CT molecular complexity index is 477. The molecule has 2 N–H and O–H groups in total. The predicted molar refractivity (Wildman–Crippen MR) is 75.0 cm³/mol. The van der Waals surface area contributed by atoms with Gasteiger partial charge in [-0.3, -0.25) is 0 Å². The zero-order valence-corrected chi connectivity index (χ0v) is 11.5. The number of nitriles is 1. The van der Waals surface area contributed by atoms with Crippen molar-refractivity contribution >= 4 is 11.5 Å². The van der Waals surface area contributed by atoms with Crippen LogP contribution in [-0.2, 0) is 0 Å². The van der Waals surface area contributed by atoms with E-state index in [-0.39, 0.29) is 6.10 Å². The van der Waals surface area contributed by atoms with Crippen LogP contribution >= 0.6 is 0 Å². The average Bonchev–Trinajstić information content (AvgIpc) is 3.17. The first-order valence-electron chi connectivity index (χ1n) is 6.68. The van der Waals surface area contributed by atoms with Crippen LogP contribution in [0.15, 0.2) is 12.1 Å². The van der Waals surface area contributed by atoms with Crippen molar-refractivity contribution in [2.75, 3.05) is 17.2 Å². The minimum atomic E-state index is 0.0403. The number of hydrogen-bond donors (Lipinski definition) is 1. The van der Waals surface area contributed by atoms with Crippen LogP contribution in [0.1, 0.15) is 33.1 Å². The molecular formula is C14H20N4O. The molecule has 0 radical (unpaired) electrons. The Morgan fingerprint density at radius 1 is 1.53 bits per heavy atom. The molecule has 5 heteroatoms. The Morgan fingerprint density at radius 3 is 2.84 bits per heavy atom. The van der Waals surface area contributed by atoms with Gasteiger partial charge < -0.3 is 15.4 Å². The van der Waals surface area contributed by atoms with E-state index in [1.54, 1.807) is 0 Å². The quantitative estimate of drug-likeness (QED) is 0.849. The highest BCUT2D eigenvalue weighted by Crippen LogP contribution is 2.33. The number of pyridine rings is 1. The zero-order valence-electron chi connectivity index (χ0n) is 11.5. The third kappa shape index (κ3) is 3.50. The van der Waals surface area contributed by atoms with Crippen LogP contribution in [0.2, 0.25) is 0 Å². The van der Waals surface area contributed by atoms with Crippen molar-refractivity contribution in [2.45, 2.75) is 45.3 Å². The normalized spacial score (nSPS) is 14.2. The van der Waals surface area contributed by atoms with Gasteiger partial charge >= 0.3 is 0 Å². The van der Waals surface area contributed by atoms with Gasteiger partial charge in [-0.05, 0) is 38.8 Å². The second-order valence-corrected chi connectivity index (χ2v) is 5.06. The van der Waals surface area contributed by atoms with E-state index in [0.29, 0.717) is 30.6 Å². The summed E-state index contributed by atoms with van der Waals surface area (Å²) in [6.45, 7) is 4.60. The number of hydrogen-bond acceptors (Lipinski definition) is 5. The van der Waals surface area contributed by atoms with Crippen molar-refractivity contribution in [3.63, 3.8) is 0 Å². The first kappa shape index (κ1) is 13.5. The van der Waals surface area contributed by atoms with E-state index in [0.717, 1.165) is 18.7 Å². The Hall–Kier alpha value is -1.96. The molecule has 1 heterocycles. The van der Waals surface area contributed by atoms with Crippen molar-refractivity contribution in [3.05, 3.63) is 12.1 Å². The van der Waals surface area contributed by atoms with E-state index in [1.165, 1.54) is 0 Å². The second-order valence-electron chi connectivity index (χ2n) is 5.06. The number of nitrogen functional groups attached to an aromatic ring is 1. The number of nitrogens with two attached hydrogens (primary N) is 1. The third-order valence-electron chi connectivity index (χ3n) is 2.97. The van der Waals surface area contributed by atoms with Crippen LogP contribution in [0.4, 0.5) is 11.5 Å². The highest BCUT2D eigenvalue weighted by Gasteiger charge is 2.30. The lowest BCUT2D eigenvalue weighted by Crippen LogP contribution is -2.27. The molecule has 1 aliphatic carbocycles. The van der Waals surface area contributed by atoms with Crippen molar-refractivity contribution in [1.82, 2.24) is 4.98 Å². The Morgan fingerprint density at radius 2 is 2.26 bits per heavy atom. The largest absolute Gasteiger partial charge is 0.473 e. The lowest BCUT2D eigenvalue weighted by atomic mass is 10.3. The summed E-state index contributed by atoms with van der Waals surface area (Å²) in [5, 5.41) is 8.74. The average molecular weight is 260 g/mol. The molecule has 5 nitrogen and oxygen atoms in total. The van der Waals surface area contributed by atoms with E-state index in [2.05, 4.69) is 16.0 Å². The highest BCUT2D eigenvalue weighted by molar-refractivity contribution is 5.55. The van der Waals surface area contributed by atoms with Crippen LogP contribution in [0, 0.1) is 11.3 Å². The molecule has 2 rings (SSSR count). The lowest BCUT2D eigenvalue weighted by Gasteiger charge is -2.23. The van der Waals surface area contributed by atoms with E-state index in [1.807, 2.05) is 26.0 Å². The maximum Gasteiger partial charge on any atom is 0.239 e. The molecule has 1 aromatic rings. The van der Waals surface area contributed by atoms with E-state index < -0.39 is 0 Å². The van der Waals surface area contributed by atoms with Gasteiger partial charge in [0.2, 0.25) is 5.88 Å². The van der Waals surface area contributed by atoms with Gasteiger partial charge in [-0.2, -0.15) is 10.2 Å². The molecule has 102 valence electrons. The number of anilines is 2. The van der Waals surface area contributed by atoms with E-state index in [4.69, 9.17) is 15.7 Å². The van der Waals surface area contributed by atoms with Crippen molar-refractivity contribution < 1.29 is 4.74 Å². The minimum absolute atomic E-state index is 0.0403. The molecule has 1 saturated carbocycles. The standard InChI is InChI=1S/C14H20N4O/c1-10(2)19-14-12(16)6-7-13(17-14)18(9-3-8-15)11-4-5-11/h6-7,10-11H,3-5,9,16H2,1-2H3. The molecule has 0 unspecified atom stereocenters. The predicted octanol–water partition coefficient (Wildman–Crippen LogP) is 2.33. The van der Waals surface area contributed by atoms with Gasteiger partial charge in [0.05, 0.1) is 24.3 Å². The molecule has 0 aromatic carbocycles. The molecule has 0 atom stereocenters. The second kappa shape index (κ2) is 5.79. The van der Waals surface area contributed by atoms with Gasteiger partial charge in [-0.15, -0.1) is 0 Å². The van der Waals surface area contributed by atoms with Crippen LogP contribution in [-0.4, -0.2) is 23.7 Å². The maximum atomic E-state index is 8.74. The first-order chi connectivity index (χ1) is 9.11. The minimum Gasteiger partial charge on any atom is -0.473 e. The molecular weight excluding hydrogens is 240 g/mol. The summed E-state index contributed by atoms with van der Waals surface area (Å²) in [6, 6.07) is 6.42. The van der Waals surface area contributed by atoms with Crippen LogP contribution in [0.3, 0.4) is 0 Å². The van der Waals surface area contributed by atoms with E-state index in [9.17, 15) is 0 Å². The first-order valence-corrected chi connectivity index (χ1v) is 6.68. The van der Waals surface area contributed by atoms with Gasteiger partial charge in [-0.25, -0.2) is 0 Å². The molecule has 0 bridgehead atoms. The summed E-state index contributed by atoms with van der Waals surface area (Å²) in [5.74, 6) is 1.33. The smallest absolute Gasteiger partial charge is 0.239 e. The number of nitrogens with zero attached hydrogens (tertiary/aromatic N) is 3. The van der Waals surface area contributed by atoms with Crippen molar-refractivity contribution in [3.8, 4) is 11.9 Å². The van der Waals surface area contributed by atoms with Gasteiger partial charge in [0.25, 0.3) is 0 Å². The van der Waals surface area contributed by atoms with Gasteiger partial charge in [0.15, 0.2) is 0 Å². The number of rotatable bonds is 6. The Kier molecular flexibility index (Phi) is 4.10. The fraction of sp³-hybridized carbons (Fsp3) is 0.571. The van der Waals surface area contributed by atoms with Crippen LogP contribution in [0.25, 0.3) is 0 Å². The summed E-state index contributed by atoms with van der Waals surface area (Å²) >= 11 is 0. The Balaban J connectivity index is 2.19. The maximum absolute atomic E-state index is 8.74. The van der Waals surface area contributed by atoms with Crippen LogP contribution in [0.5, 0.6) is 5.88 Å². The summed E-state index contributed by atoms with van der Waals surface area (Å²) in [4.78, 5) is 6.67. The monoisotopic (exact) mass is 260 g/mol. The Labute approximate surface area is 114 Å². The summed E-state index contributed by atoms with van der Waals surface area (Å²) in [6.07, 6.45) is 2.87. The van der Waals surface area contributed by atoms with Gasteiger partial charge in [0.1, 0.15) is 5.82 Å². The summed E-state index contributed by atoms with van der Waals surface area (Å²) in [5.41, 5.74) is 6.42. The summed E-state index contributed by atoms with van der Waals surface area (Å²) in [7, 11) is 0. The number of ether oxygens (including phenoxy) is 1. The van der Waals surface area contributed by atoms with Gasteiger partial charge in [0, 0.05) is 12.6 Å². The summed E-state index contributed by atoms with van der Waals surface area (Å²) < 4.78 is 5.61. The molecule has 0 amide bonds. The molecule has 19 heavy (non-hydrogen) atoms.